The van der Waals surface area contributed by atoms with Gasteiger partial charge >= 0.3 is 0 Å². The van der Waals surface area contributed by atoms with Gasteiger partial charge < -0.3 is 10.2 Å². The van der Waals surface area contributed by atoms with Crippen molar-refractivity contribution >= 4 is 5.82 Å². The highest BCUT2D eigenvalue weighted by Gasteiger charge is 2.23. The first kappa shape index (κ1) is 14.3. The summed E-state index contributed by atoms with van der Waals surface area (Å²) < 4.78 is 0. The Kier molecular flexibility index (Phi) is 5.20. The standard InChI is InChI=1S/C16H27N3/c1-4-8-17-11-15-5-6-16(18-12-15)19-9-7-13(2)10-14(19)3/h5-6,12-14,17H,4,7-11H2,1-3H3. The quantitative estimate of drug-likeness (QED) is 0.825. The molecule has 2 atom stereocenters. The van der Waals surface area contributed by atoms with Crippen LogP contribution in [0.5, 0.6) is 0 Å². The third-order valence-corrected chi connectivity index (χ3v) is 4.00. The minimum Gasteiger partial charge on any atom is -0.354 e. The molecule has 1 aliphatic rings. The minimum absolute atomic E-state index is 0.611. The number of pyridine rings is 1. The van der Waals surface area contributed by atoms with Crippen LogP contribution in [0.2, 0.25) is 0 Å². The maximum atomic E-state index is 4.64. The number of nitrogens with one attached hydrogen (secondary N) is 1. The van der Waals surface area contributed by atoms with Crippen LogP contribution in [0.15, 0.2) is 18.3 Å². The average molecular weight is 261 g/mol. The molecule has 2 unspecified atom stereocenters. The van der Waals surface area contributed by atoms with Gasteiger partial charge in [0.1, 0.15) is 5.82 Å². The van der Waals surface area contributed by atoms with Crippen molar-refractivity contribution < 1.29 is 0 Å². The van der Waals surface area contributed by atoms with Gasteiger partial charge in [-0.05, 0) is 50.3 Å². The predicted octanol–water partition coefficient (Wildman–Crippen LogP) is 3.21. The molecule has 19 heavy (non-hydrogen) atoms. The van der Waals surface area contributed by atoms with Crippen molar-refractivity contribution in [1.29, 1.82) is 0 Å². The molecule has 1 fully saturated rings. The fourth-order valence-corrected chi connectivity index (χ4v) is 2.85. The Bertz CT molecular complexity index is 374. The molecule has 0 radical (unpaired) electrons. The van der Waals surface area contributed by atoms with Crippen molar-refractivity contribution in [2.24, 2.45) is 5.92 Å². The molecule has 3 heteroatoms. The third kappa shape index (κ3) is 3.93. The van der Waals surface area contributed by atoms with Crippen LogP contribution in [0.3, 0.4) is 0 Å². The van der Waals surface area contributed by atoms with E-state index in [2.05, 4.69) is 48.1 Å². The second-order valence-corrected chi connectivity index (χ2v) is 5.87. The molecule has 1 N–H and O–H groups in total. The van der Waals surface area contributed by atoms with Gasteiger partial charge in [-0.3, -0.25) is 0 Å². The largest absolute Gasteiger partial charge is 0.354 e. The second kappa shape index (κ2) is 6.90. The summed E-state index contributed by atoms with van der Waals surface area (Å²) in [5.74, 6) is 1.99. The smallest absolute Gasteiger partial charge is 0.128 e. The normalized spacial score (nSPS) is 23.6. The molecule has 106 valence electrons. The summed E-state index contributed by atoms with van der Waals surface area (Å²) in [6, 6.07) is 4.99. The molecule has 2 heterocycles. The van der Waals surface area contributed by atoms with Crippen molar-refractivity contribution in [3.05, 3.63) is 23.9 Å². The zero-order valence-electron chi connectivity index (χ0n) is 12.5. The highest BCUT2D eigenvalue weighted by Crippen LogP contribution is 2.26. The first-order valence-electron chi connectivity index (χ1n) is 7.63. The maximum Gasteiger partial charge on any atom is 0.128 e. The Morgan fingerprint density at radius 2 is 2.21 bits per heavy atom. The molecule has 2 rings (SSSR count). The van der Waals surface area contributed by atoms with E-state index in [0.29, 0.717) is 6.04 Å². The van der Waals surface area contributed by atoms with Crippen LogP contribution in [0.1, 0.15) is 45.6 Å². The van der Waals surface area contributed by atoms with Gasteiger partial charge in [-0.15, -0.1) is 0 Å². The topological polar surface area (TPSA) is 28.2 Å². The van der Waals surface area contributed by atoms with Crippen LogP contribution in [-0.4, -0.2) is 24.1 Å². The van der Waals surface area contributed by atoms with Gasteiger partial charge in [-0.1, -0.05) is 19.9 Å². The molecule has 1 aromatic rings. The summed E-state index contributed by atoms with van der Waals surface area (Å²) in [6.45, 7) is 9.99. The molecule has 0 saturated carbocycles. The molecular weight excluding hydrogens is 234 g/mol. The highest BCUT2D eigenvalue weighted by molar-refractivity contribution is 5.41. The Morgan fingerprint density at radius 3 is 2.84 bits per heavy atom. The van der Waals surface area contributed by atoms with E-state index in [1.54, 1.807) is 0 Å². The summed E-state index contributed by atoms with van der Waals surface area (Å²) >= 11 is 0. The second-order valence-electron chi connectivity index (χ2n) is 5.87. The molecule has 0 bridgehead atoms. The van der Waals surface area contributed by atoms with Gasteiger partial charge in [0.2, 0.25) is 0 Å². The Hall–Kier alpha value is -1.09. The van der Waals surface area contributed by atoms with Crippen molar-refractivity contribution in [2.75, 3.05) is 18.0 Å². The number of piperidine rings is 1. The lowest BCUT2D eigenvalue weighted by Gasteiger charge is -2.37. The van der Waals surface area contributed by atoms with E-state index in [1.165, 1.54) is 24.8 Å². The zero-order valence-corrected chi connectivity index (χ0v) is 12.5. The van der Waals surface area contributed by atoms with Crippen molar-refractivity contribution in [3.8, 4) is 0 Å². The highest BCUT2D eigenvalue weighted by atomic mass is 15.2. The van der Waals surface area contributed by atoms with Gasteiger partial charge in [0, 0.05) is 25.3 Å². The van der Waals surface area contributed by atoms with Gasteiger partial charge in [0.05, 0.1) is 0 Å². The van der Waals surface area contributed by atoms with Crippen molar-refractivity contribution in [1.82, 2.24) is 10.3 Å². The molecular formula is C16H27N3. The minimum atomic E-state index is 0.611. The molecule has 0 amide bonds. The van der Waals surface area contributed by atoms with Crippen LogP contribution in [0.4, 0.5) is 5.82 Å². The maximum absolute atomic E-state index is 4.64. The summed E-state index contributed by atoms with van der Waals surface area (Å²) in [6.07, 6.45) is 5.76. The van der Waals surface area contributed by atoms with Crippen LogP contribution in [-0.2, 0) is 6.54 Å². The van der Waals surface area contributed by atoms with E-state index in [4.69, 9.17) is 0 Å². The van der Waals surface area contributed by atoms with Crippen LogP contribution >= 0.6 is 0 Å². The summed E-state index contributed by atoms with van der Waals surface area (Å²) in [4.78, 5) is 7.09. The molecule has 3 nitrogen and oxygen atoms in total. The van der Waals surface area contributed by atoms with E-state index in [1.807, 2.05) is 6.20 Å². The van der Waals surface area contributed by atoms with Crippen molar-refractivity contribution in [3.63, 3.8) is 0 Å². The van der Waals surface area contributed by atoms with Gasteiger partial charge in [-0.25, -0.2) is 4.98 Å². The first-order chi connectivity index (χ1) is 9.20. The molecule has 1 aliphatic heterocycles. The molecule has 0 spiro atoms. The Labute approximate surface area is 117 Å². The van der Waals surface area contributed by atoms with Crippen LogP contribution in [0, 0.1) is 5.92 Å². The molecule has 0 aliphatic carbocycles. The van der Waals surface area contributed by atoms with Crippen LogP contribution < -0.4 is 10.2 Å². The molecule has 1 saturated heterocycles. The lowest BCUT2D eigenvalue weighted by atomic mass is 9.93. The number of hydrogen-bond donors (Lipinski definition) is 1. The van der Waals surface area contributed by atoms with Gasteiger partial charge in [-0.2, -0.15) is 0 Å². The van der Waals surface area contributed by atoms with E-state index in [-0.39, 0.29) is 0 Å². The number of aromatic nitrogens is 1. The number of hydrogen-bond acceptors (Lipinski definition) is 3. The summed E-state index contributed by atoms with van der Waals surface area (Å²) in [7, 11) is 0. The van der Waals surface area contributed by atoms with Crippen LogP contribution in [0.25, 0.3) is 0 Å². The molecule has 1 aromatic heterocycles. The monoisotopic (exact) mass is 261 g/mol. The fraction of sp³-hybridized carbons (Fsp3) is 0.688. The average Bonchev–Trinajstić information content (AvgIpc) is 2.40. The molecule has 0 aromatic carbocycles. The van der Waals surface area contributed by atoms with E-state index < -0.39 is 0 Å². The van der Waals surface area contributed by atoms with E-state index >= 15 is 0 Å². The predicted molar refractivity (Wildman–Crippen MR) is 81.4 cm³/mol. The Morgan fingerprint density at radius 1 is 1.37 bits per heavy atom. The fourth-order valence-electron chi connectivity index (χ4n) is 2.85. The zero-order chi connectivity index (χ0) is 13.7. The number of nitrogens with zero attached hydrogens (tertiary/aromatic N) is 2. The van der Waals surface area contributed by atoms with Crippen molar-refractivity contribution in [2.45, 2.75) is 52.6 Å². The lowest BCUT2D eigenvalue weighted by molar-refractivity contribution is 0.376. The lowest BCUT2D eigenvalue weighted by Crippen LogP contribution is -2.40. The SMILES string of the molecule is CCCNCc1ccc(N2CCC(C)CC2C)nc1. The number of rotatable bonds is 5. The van der Waals surface area contributed by atoms with Gasteiger partial charge in [0.15, 0.2) is 0 Å². The first-order valence-corrected chi connectivity index (χ1v) is 7.63. The third-order valence-electron chi connectivity index (χ3n) is 4.00. The van der Waals surface area contributed by atoms with E-state index in [9.17, 15) is 0 Å². The summed E-state index contributed by atoms with van der Waals surface area (Å²) in [5.41, 5.74) is 1.27. The van der Waals surface area contributed by atoms with Gasteiger partial charge in [0.25, 0.3) is 0 Å². The Balaban J connectivity index is 1.94. The van der Waals surface area contributed by atoms with E-state index in [0.717, 1.165) is 31.4 Å². The number of anilines is 1. The summed E-state index contributed by atoms with van der Waals surface area (Å²) in [5, 5.41) is 3.41.